The summed E-state index contributed by atoms with van der Waals surface area (Å²) in [6, 6.07) is 13.1. The van der Waals surface area contributed by atoms with Crippen molar-refractivity contribution < 1.29 is 14.4 Å². The topological polar surface area (TPSA) is 57.7 Å². The fourth-order valence-electron chi connectivity index (χ4n) is 3.47. The van der Waals surface area contributed by atoms with Gasteiger partial charge in [0.15, 0.2) is 0 Å². The lowest BCUT2D eigenvalue weighted by Gasteiger charge is -2.24. The molecule has 0 N–H and O–H groups in total. The minimum atomic E-state index is -0.570. The third-order valence-electron chi connectivity index (χ3n) is 4.69. The third-order valence-corrected chi connectivity index (χ3v) is 5.22. The van der Waals surface area contributed by atoms with Crippen molar-refractivity contribution in [1.82, 2.24) is 4.90 Å². The van der Waals surface area contributed by atoms with Crippen LogP contribution in [0.2, 0.25) is 0 Å². The van der Waals surface area contributed by atoms with E-state index >= 15 is 0 Å². The van der Waals surface area contributed by atoms with E-state index in [2.05, 4.69) is 15.9 Å². The molecule has 0 aromatic heterocycles. The SMILES string of the molecule is O=C(c1ccc(Br)cc1)N1C(=O)C2CCCN2C(=O)c2ccccc21. The Balaban J connectivity index is 1.85. The summed E-state index contributed by atoms with van der Waals surface area (Å²) in [6.07, 6.45) is 1.35. The normalized spacial score (nSPS) is 19.5. The Kier molecular flexibility index (Phi) is 3.92. The first-order chi connectivity index (χ1) is 12.1. The van der Waals surface area contributed by atoms with Crippen molar-refractivity contribution in [2.45, 2.75) is 18.9 Å². The summed E-state index contributed by atoms with van der Waals surface area (Å²) in [5, 5.41) is 0. The zero-order valence-electron chi connectivity index (χ0n) is 13.3. The van der Waals surface area contributed by atoms with E-state index in [0.717, 1.165) is 10.9 Å². The van der Waals surface area contributed by atoms with Gasteiger partial charge >= 0.3 is 0 Å². The molecule has 2 aliphatic rings. The fraction of sp³-hybridized carbons (Fsp3) is 0.211. The number of carbonyl (C=O) groups is 3. The van der Waals surface area contributed by atoms with Crippen LogP contribution in [0, 0.1) is 0 Å². The van der Waals surface area contributed by atoms with E-state index in [1.807, 2.05) is 0 Å². The van der Waals surface area contributed by atoms with Crippen LogP contribution in [0.4, 0.5) is 5.69 Å². The Hall–Kier alpha value is -2.47. The molecule has 6 heteroatoms. The highest BCUT2D eigenvalue weighted by molar-refractivity contribution is 9.10. The summed E-state index contributed by atoms with van der Waals surface area (Å²) in [4.78, 5) is 41.8. The zero-order valence-corrected chi connectivity index (χ0v) is 14.9. The predicted octanol–water partition coefficient (Wildman–Crippen LogP) is 3.24. The summed E-state index contributed by atoms with van der Waals surface area (Å²) in [7, 11) is 0. The van der Waals surface area contributed by atoms with Gasteiger partial charge in [0, 0.05) is 16.6 Å². The lowest BCUT2D eigenvalue weighted by Crippen LogP contribution is -2.47. The Morgan fingerprint density at radius 3 is 2.52 bits per heavy atom. The maximum Gasteiger partial charge on any atom is 0.265 e. The molecule has 1 fully saturated rings. The van der Waals surface area contributed by atoms with Gasteiger partial charge in [-0.3, -0.25) is 14.4 Å². The van der Waals surface area contributed by atoms with Crippen LogP contribution in [0.5, 0.6) is 0 Å². The quantitative estimate of drug-likeness (QED) is 0.692. The summed E-state index contributed by atoms with van der Waals surface area (Å²) in [6.45, 7) is 0.546. The highest BCUT2D eigenvalue weighted by atomic mass is 79.9. The number of halogens is 1. The number of rotatable bonds is 1. The maximum absolute atomic E-state index is 13.1. The van der Waals surface area contributed by atoms with E-state index in [9.17, 15) is 14.4 Å². The minimum Gasteiger partial charge on any atom is -0.327 e. The number of para-hydroxylation sites is 1. The number of nitrogens with zero attached hydrogens (tertiary/aromatic N) is 2. The molecule has 1 atom stereocenters. The van der Waals surface area contributed by atoms with Crippen LogP contribution >= 0.6 is 15.9 Å². The largest absolute Gasteiger partial charge is 0.327 e. The van der Waals surface area contributed by atoms with E-state index in [4.69, 9.17) is 0 Å². The van der Waals surface area contributed by atoms with Gasteiger partial charge in [-0.15, -0.1) is 0 Å². The number of hydrogen-bond acceptors (Lipinski definition) is 3. The molecule has 25 heavy (non-hydrogen) atoms. The van der Waals surface area contributed by atoms with Gasteiger partial charge in [0.05, 0.1) is 11.3 Å². The lowest BCUT2D eigenvalue weighted by molar-refractivity contribution is -0.121. The second-order valence-electron chi connectivity index (χ2n) is 6.16. The number of hydrogen-bond donors (Lipinski definition) is 0. The van der Waals surface area contributed by atoms with Gasteiger partial charge in [0.1, 0.15) is 6.04 Å². The monoisotopic (exact) mass is 398 g/mol. The van der Waals surface area contributed by atoms with Gasteiger partial charge < -0.3 is 4.90 Å². The molecule has 2 aromatic rings. The molecule has 0 saturated carbocycles. The Morgan fingerprint density at radius 2 is 1.76 bits per heavy atom. The van der Waals surface area contributed by atoms with Crippen LogP contribution in [0.1, 0.15) is 33.6 Å². The predicted molar refractivity (Wildman–Crippen MR) is 96.5 cm³/mol. The van der Waals surface area contributed by atoms with Crippen LogP contribution in [0.3, 0.4) is 0 Å². The third kappa shape index (κ3) is 2.57. The first-order valence-electron chi connectivity index (χ1n) is 8.12. The molecule has 4 rings (SSSR count). The summed E-state index contributed by atoms with van der Waals surface area (Å²) < 4.78 is 0.851. The van der Waals surface area contributed by atoms with Crippen molar-refractivity contribution >= 4 is 39.3 Å². The van der Waals surface area contributed by atoms with Crippen molar-refractivity contribution in [2.24, 2.45) is 0 Å². The number of benzene rings is 2. The number of fused-ring (bicyclic) bond motifs is 2. The number of imide groups is 1. The van der Waals surface area contributed by atoms with Crippen molar-refractivity contribution in [2.75, 3.05) is 11.4 Å². The van der Waals surface area contributed by atoms with Gasteiger partial charge in [0.2, 0.25) is 0 Å². The van der Waals surface area contributed by atoms with E-state index in [0.29, 0.717) is 29.8 Å². The average molecular weight is 399 g/mol. The molecule has 0 spiro atoms. The van der Waals surface area contributed by atoms with Crippen LogP contribution in [-0.2, 0) is 4.79 Å². The molecule has 1 saturated heterocycles. The second kappa shape index (κ2) is 6.11. The van der Waals surface area contributed by atoms with Crippen LogP contribution in [0.25, 0.3) is 0 Å². The van der Waals surface area contributed by atoms with Crippen molar-refractivity contribution in [3.63, 3.8) is 0 Å². The van der Waals surface area contributed by atoms with Crippen LogP contribution in [0.15, 0.2) is 53.0 Å². The molecule has 2 heterocycles. The van der Waals surface area contributed by atoms with Gasteiger partial charge in [-0.25, -0.2) is 4.90 Å². The van der Waals surface area contributed by atoms with E-state index in [1.54, 1.807) is 53.4 Å². The summed E-state index contributed by atoms with van der Waals surface area (Å²) in [5.74, 6) is -0.923. The molecule has 5 nitrogen and oxygen atoms in total. The van der Waals surface area contributed by atoms with E-state index in [1.165, 1.54) is 4.90 Å². The number of anilines is 1. The number of carbonyl (C=O) groups excluding carboxylic acids is 3. The Labute approximate surface area is 153 Å². The average Bonchev–Trinajstić information content (AvgIpc) is 3.09. The molecule has 2 aromatic carbocycles. The fourth-order valence-corrected chi connectivity index (χ4v) is 3.73. The highest BCUT2D eigenvalue weighted by Crippen LogP contribution is 2.33. The number of amides is 3. The molecule has 0 aliphatic carbocycles. The first-order valence-corrected chi connectivity index (χ1v) is 8.91. The van der Waals surface area contributed by atoms with Crippen LogP contribution in [-0.4, -0.2) is 35.2 Å². The van der Waals surface area contributed by atoms with Crippen molar-refractivity contribution in [3.05, 3.63) is 64.1 Å². The molecular formula is C19H15BrN2O3. The van der Waals surface area contributed by atoms with Crippen LogP contribution < -0.4 is 4.90 Å². The highest BCUT2D eigenvalue weighted by Gasteiger charge is 2.44. The Morgan fingerprint density at radius 1 is 1.04 bits per heavy atom. The molecule has 3 amide bonds. The summed E-state index contributed by atoms with van der Waals surface area (Å²) >= 11 is 3.34. The molecule has 1 unspecified atom stereocenters. The standard InChI is InChI=1S/C19H15BrN2O3/c20-13-9-7-12(8-10-13)17(23)22-15-5-2-1-4-14(15)18(24)21-11-3-6-16(21)19(22)25/h1-2,4-5,7-10,16H,3,6,11H2. The smallest absolute Gasteiger partial charge is 0.265 e. The molecule has 0 radical (unpaired) electrons. The zero-order chi connectivity index (χ0) is 17.6. The first kappa shape index (κ1) is 16.0. The maximum atomic E-state index is 13.1. The molecule has 0 bridgehead atoms. The van der Waals surface area contributed by atoms with Gasteiger partial charge in [-0.2, -0.15) is 0 Å². The molecule has 126 valence electrons. The lowest BCUT2D eigenvalue weighted by atomic mass is 10.1. The molecular weight excluding hydrogens is 384 g/mol. The van der Waals surface area contributed by atoms with Crippen molar-refractivity contribution in [3.8, 4) is 0 Å². The second-order valence-corrected chi connectivity index (χ2v) is 7.08. The Bertz CT molecular complexity index is 878. The minimum absolute atomic E-state index is 0.183. The van der Waals surface area contributed by atoms with E-state index in [-0.39, 0.29) is 11.8 Å². The van der Waals surface area contributed by atoms with E-state index < -0.39 is 11.9 Å². The molecule has 2 aliphatic heterocycles. The summed E-state index contributed by atoms with van der Waals surface area (Å²) in [5.41, 5.74) is 1.16. The van der Waals surface area contributed by atoms with Crippen molar-refractivity contribution in [1.29, 1.82) is 0 Å². The van der Waals surface area contributed by atoms with Gasteiger partial charge in [-0.1, -0.05) is 28.1 Å². The van der Waals surface area contributed by atoms with Gasteiger partial charge in [-0.05, 0) is 49.2 Å². The van der Waals surface area contributed by atoms with Gasteiger partial charge in [0.25, 0.3) is 17.7 Å².